The molecule has 0 unspecified atom stereocenters. The monoisotopic (exact) mass is 133 g/mol. The standard InChI is InChI=1S/C4H7NO2S/c1-2-3-4(6)8-5-7/h2-3H2,1H3. The van der Waals surface area contributed by atoms with E-state index in [0.29, 0.717) is 18.4 Å². The first-order valence-electron chi connectivity index (χ1n) is 2.33. The van der Waals surface area contributed by atoms with Crippen molar-refractivity contribution in [2.45, 2.75) is 19.8 Å². The molecule has 0 N–H and O–H groups in total. The van der Waals surface area contributed by atoms with Crippen LogP contribution in [0.3, 0.4) is 0 Å². The lowest BCUT2D eigenvalue weighted by Crippen LogP contribution is -1.85. The van der Waals surface area contributed by atoms with E-state index in [4.69, 9.17) is 0 Å². The second-order valence-electron chi connectivity index (χ2n) is 1.29. The summed E-state index contributed by atoms with van der Waals surface area (Å²) in [7, 11) is 0. The Morgan fingerprint density at radius 3 is 2.75 bits per heavy atom. The van der Waals surface area contributed by atoms with Crippen LogP contribution in [0.25, 0.3) is 0 Å². The summed E-state index contributed by atoms with van der Waals surface area (Å²) in [5, 5.41) is -0.150. The minimum absolute atomic E-state index is 0.150. The van der Waals surface area contributed by atoms with Gasteiger partial charge in [0.1, 0.15) is 0 Å². The number of hydrogen-bond donors (Lipinski definition) is 0. The second kappa shape index (κ2) is 4.77. The molecule has 0 saturated carbocycles. The van der Waals surface area contributed by atoms with Crippen molar-refractivity contribution in [2.75, 3.05) is 0 Å². The number of hydrogen-bond acceptors (Lipinski definition) is 4. The normalized spacial score (nSPS) is 8.62. The summed E-state index contributed by atoms with van der Waals surface area (Å²) in [5.74, 6) is 0. The Hall–Kier alpha value is -0.380. The first kappa shape index (κ1) is 7.62. The smallest absolute Gasteiger partial charge is 0.214 e. The van der Waals surface area contributed by atoms with Crippen molar-refractivity contribution < 1.29 is 4.79 Å². The highest BCUT2D eigenvalue weighted by Crippen LogP contribution is 2.06. The minimum atomic E-state index is -0.150. The fraction of sp³-hybridized carbons (Fsp3) is 0.750. The zero-order valence-corrected chi connectivity index (χ0v) is 5.40. The predicted molar refractivity (Wildman–Crippen MR) is 33.3 cm³/mol. The van der Waals surface area contributed by atoms with Gasteiger partial charge < -0.3 is 0 Å². The van der Waals surface area contributed by atoms with Gasteiger partial charge in [0.15, 0.2) is 0 Å². The van der Waals surface area contributed by atoms with Crippen LogP contribution in [0.5, 0.6) is 0 Å². The SMILES string of the molecule is CCCC(=O)SN=O. The predicted octanol–water partition coefficient (Wildman–Crippen LogP) is 1.73. The number of nitroso groups, excluding NO2 is 1. The molecule has 0 heterocycles. The van der Waals surface area contributed by atoms with Crippen molar-refractivity contribution in [1.29, 1.82) is 0 Å². The van der Waals surface area contributed by atoms with E-state index in [2.05, 4.69) is 4.58 Å². The lowest BCUT2D eigenvalue weighted by Gasteiger charge is -1.84. The fourth-order valence-corrected chi connectivity index (χ4v) is 0.670. The molecule has 0 saturated heterocycles. The van der Waals surface area contributed by atoms with Crippen molar-refractivity contribution in [3.8, 4) is 0 Å². The van der Waals surface area contributed by atoms with Crippen LogP contribution in [0.2, 0.25) is 0 Å². The van der Waals surface area contributed by atoms with Crippen LogP contribution in [0.1, 0.15) is 19.8 Å². The molecule has 0 fully saturated rings. The third-order valence-electron chi connectivity index (χ3n) is 0.593. The van der Waals surface area contributed by atoms with Crippen LogP contribution < -0.4 is 0 Å². The van der Waals surface area contributed by atoms with E-state index in [9.17, 15) is 9.70 Å². The number of carbonyl (C=O) groups excluding carboxylic acids is 1. The van der Waals surface area contributed by atoms with Gasteiger partial charge in [0.05, 0.1) is 11.9 Å². The summed E-state index contributed by atoms with van der Waals surface area (Å²) in [6, 6.07) is 0. The summed E-state index contributed by atoms with van der Waals surface area (Å²) in [5.41, 5.74) is 0. The van der Waals surface area contributed by atoms with E-state index in [1.807, 2.05) is 6.92 Å². The van der Waals surface area contributed by atoms with Gasteiger partial charge >= 0.3 is 0 Å². The third kappa shape index (κ3) is 3.80. The second-order valence-corrected chi connectivity index (χ2v) is 2.07. The molecule has 0 bridgehead atoms. The van der Waals surface area contributed by atoms with Crippen molar-refractivity contribution >= 4 is 17.1 Å². The largest absolute Gasteiger partial charge is 0.285 e. The lowest BCUT2D eigenvalue weighted by atomic mass is 10.4. The van der Waals surface area contributed by atoms with Crippen LogP contribution >= 0.6 is 11.9 Å². The maximum Gasteiger partial charge on any atom is 0.214 e. The summed E-state index contributed by atoms with van der Waals surface area (Å²) < 4.78 is 2.37. The maximum atomic E-state index is 10.3. The Morgan fingerprint density at radius 1 is 1.75 bits per heavy atom. The van der Waals surface area contributed by atoms with Crippen molar-refractivity contribution in [3.05, 3.63) is 4.91 Å². The zero-order chi connectivity index (χ0) is 6.41. The van der Waals surface area contributed by atoms with Crippen LogP contribution in [0.15, 0.2) is 4.58 Å². The molecule has 46 valence electrons. The van der Waals surface area contributed by atoms with E-state index in [0.717, 1.165) is 6.42 Å². The Labute approximate surface area is 51.9 Å². The Balaban J connectivity index is 3.18. The van der Waals surface area contributed by atoms with E-state index in [1.165, 1.54) is 0 Å². The highest BCUT2D eigenvalue weighted by atomic mass is 32.2. The molecule has 4 heteroatoms. The lowest BCUT2D eigenvalue weighted by molar-refractivity contribution is -0.111. The molecule has 0 aromatic carbocycles. The first-order chi connectivity index (χ1) is 3.81. The molecule has 0 radical (unpaired) electrons. The van der Waals surface area contributed by atoms with Crippen LogP contribution in [-0.4, -0.2) is 5.12 Å². The van der Waals surface area contributed by atoms with Crippen LogP contribution in [-0.2, 0) is 4.79 Å². The molecule has 0 aliphatic heterocycles. The number of rotatable bonds is 3. The molecule has 0 amide bonds. The van der Waals surface area contributed by atoms with Crippen molar-refractivity contribution in [3.63, 3.8) is 0 Å². The van der Waals surface area contributed by atoms with Gasteiger partial charge in [-0.3, -0.25) is 4.79 Å². The van der Waals surface area contributed by atoms with E-state index < -0.39 is 0 Å². The molecular formula is C4H7NO2S. The highest BCUT2D eigenvalue weighted by Gasteiger charge is 1.98. The Morgan fingerprint density at radius 2 is 2.38 bits per heavy atom. The molecule has 0 rings (SSSR count). The number of carbonyl (C=O) groups is 1. The zero-order valence-electron chi connectivity index (χ0n) is 4.59. The summed E-state index contributed by atoms with van der Waals surface area (Å²) >= 11 is 0.486. The molecule has 8 heavy (non-hydrogen) atoms. The van der Waals surface area contributed by atoms with Crippen molar-refractivity contribution in [2.24, 2.45) is 4.58 Å². The Bertz CT molecular complexity index is 94.0. The molecule has 0 aliphatic carbocycles. The van der Waals surface area contributed by atoms with Crippen molar-refractivity contribution in [1.82, 2.24) is 0 Å². The highest BCUT2D eigenvalue weighted by molar-refractivity contribution is 8.12. The van der Waals surface area contributed by atoms with Gasteiger partial charge in [-0.25, -0.2) is 0 Å². The quantitative estimate of drug-likeness (QED) is 0.435. The van der Waals surface area contributed by atoms with E-state index in [1.54, 1.807) is 0 Å². The van der Waals surface area contributed by atoms with Crippen LogP contribution in [0, 0.1) is 4.91 Å². The van der Waals surface area contributed by atoms with Gasteiger partial charge in [0.25, 0.3) is 0 Å². The maximum absolute atomic E-state index is 10.3. The van der Waals surface area contributed by atoms with Gasteiger partial charge in [-0.05, 0) is 6.42 Å². The Kier molecular flexibility index (Phi) is 4.54. The topological polar surface area (TPSA) is 46.5 Å². The summed E-state index contributed by atoms with van der Waals surface area (Å²) in [6.45, 7) is 1.88. The average Bonchev–Trinajstić information content (AvgIpc) is 1.68. The molecular weight excluding hydrogens is 126 g/mol. The van der Waals surface area contributed by atoms with Gasteiger partial charge in [-0.2, -0.15) is 0 Å². The summed E-state index contributed by atoms with van der Waals surface area (Å²) in [6.07, 6.45) is 1.22. The number of nitrogens with zero attached hydrogens (tertiary/aromatic N) is 1. The third-order valence-corrected chi connectivity index (χ3v) is 1.08. The molecule has 0 spiro atoms. The van der Waals surface area contributed by atoms with E-state index in [-0.39, 0.29) is 5.12 Å². The fourth-order valence-electron chi connectivity index (χ4n) is 0.291. The molecule has 0 atom stereocenters. The molecule has 3 nitrogen and oxygen atoms in total. The molecule has 0 aromatic heterocycles. The molecule has 0 aromatic rings. The van der Waals surface area contributed by atoms with Crippen LogP contribution in [0.4, 0.5) is 0 Å². The first-order valence-corrected chi connectivity index (χ1v) is 3.11. The molecule has 0 aliphatic rings. The van der Waals surface area contributed by atoms with Gasteiger partial charge in [-0.15, -0.1) is 4.91 Å². The van der Waals surface area contributed by atoms with Gasteiger partial charge in [-0.1, -0.05) is 6.92 Å². The van der Waals surface area contributed by atoms with Gasteiger partial charge in [0.2, 0.25) is 5.12 Å². The average molecular weight is 133 g/mol. The minimum Gasteiger partial charge on any atom is -0.285 e. The summed E-state index contributed by atoms with van der Waals surface area (Å²) in [4.78, 5) is 19.7. The van der Waals surface area contributed by atoms with E-state index >= 15 is 0 Å². The van der Waals surface area contributed by atoms with Gasteiger partial charge in [0, 0.05) is 11.0 Å².